The highest BCUT2D eigenvalue weighted by molar-refractivity contribution is 5.97. The molecule has 0 aromatic heterocycles. The molecule has 5 nitrogen and oxygen atoms in total. The Hall–Kier alpha value is -2.82. The SMILES string of the molecule is CC(C)c1cccc(C(=O)O)c1OC(=O)c1cccc(C2CCCCC2)c1O. The van der Waals surface area contributed by atoms with Gasteiger partial charge in [0.05, 0.1) is 0 Å². The normalized spacial score (nSPS) is 14.8. The number of phenols is 1. The molecule has 1 aliphatic rings. The quantitative estimate of drug-likeness (QED) is 0.528. The van der Waals surface area contributed by atoms with Crippen molar-refractivity contribution in [1.82, 2.24) is 0 Å². The lowest BCUT2D eigenvalue weighted by molar-refractivity contribution is 0.0680. The predicted octanol–water partition coefficient (Wildman–Crippen LogP) is 5.48. The van der Waals surface area contributed by atoms with Crippen molar-refractivity contribution in [2.45, 2.75) is 57.8 Å². The van der Waals surface area contributed by atoms with Crippen molar-refractivity contribution in [2.24, 2.45) is 0 Å². The third-order valence-corrected chi connectivity index (χ3v) is 5.42. The van der Waals surface area contributed by atoms with Gasteiger partial charge in [0.1, 0.15) is 22.6 Å². The van der Waals surface area contributed by atoms with E-state index in [1.54, 1.807) is 18.2 Å². The summed E-state index contributed by atoms with van der Waals surface area (Å²) < 4.78 is 5.53. The highest BCUT2D eigenvalue weighted by atomic mass is 16.5. The zero-order valence-electron chi connectivity index (χ0n) is 16.3. The van der Waals surface area contributed by atoms with E-state index in [1.165, 1.54) is 18.6 Å². The van der Waals surface area contributed by atoms with Crippen LogP contribution in [0.25, 0.3) is 0 Å². The smallest absolute Gasteiger partial charge is 0.347 e. The van der Waals surface area contributed by atoms with E-state index in [2.05, 4.69) is 0 Å². The molecule has 0 aliphatic heterocycles. The number of carboxylic acid groups (broad SMARTS) is 1. The summed E-state index contributed by atoms with van der Waals surface area (Å²) >= 11 is 0. The Morgan fingerprint density at radius 3 is 2.29 bits per heavy atom. The van der Waals surface area contributed by atoms with Crippen LogP contribution < -0.4 is 4.74 Å². The van der Waals surface area contributed by atoms with E-state index in [9.17, 15) is 19.8 Å². The maximum absolute atomic E-state index is 12.8. The van der Waals surface area contributed by atoms with Gasteiger partial charge in [-0.05, 0) is 47.9 Å². The summed E-state index contributed by atoms with van der Waals surface area (Å²) in [4.78, 5) is 24.4. The lowest BCUT2D eigenvalue weighted by atomic mass is 9.83. The maximum atomic E-state index is 12.8. The van der Waals surface area contributed by atoms with Gasteiger partial charge >= 0.3 is 11.9 Å². The number of esters is 1. The van der Waals surface area contributed by atoms with Gasteiger partial charge in [0.25, 0.3) is 0 Å². The molecule has 148 valence electrons. The number of aromatic carboxylic acids is 1. The van der Waals surface area contributed by atoms with E-state index in [0.29, 0.717) is 5.56 Å². The van der Waals surface area contributed by atoms with Crippen LogP contribution in [0, 0.1) is 0 Å². The van der Waals surface area contributed by atoms with Crippen LogP contribution in [0.3, 0.4) is 0 Å². The molecule has 2 aromatic carbocycles. The van der Waals surface area contributed by atoms with Gasteiger partial charge in [-0.2, -0.15) is 0 Å². The number of carbonyl (C=O) groups is 2. The summed E-state index contributed by atoms with van der Waals surface area (Å²) in [6, 6.07) is 9.91. The number of rotatable bonds is 5. The molecule has 0 bridgehead atoms. The van der Waals surface area contributed by atoms with Gasteiger partial charge in [-0.1, -0.05) is 57.4 Å². The molecule has 28 heavy (non-hydrogen) atoms. The molecule has 0 heterocycles. The van der Waals surface area contributed by atoms with Crippen LogP contribution >= 0.6 is 0 Å². The second kappa shape index (κ2) is 8.46. The first kappa shape index (κ1) is 19.9. The largest absolute Gasteiger partial charge is 0.507 e. The highest BCUT2D eigenvalue weighted by Crippen LogP contribution is 2.39. The minimum Gasteiger partial charge on any atom is -0.507 e. The van der Waals surface area contributed by atoms with E-state index in [0.717, 1.165) is 31.2 Å². The summed E-state index contributed by atoms with van der Waals surface area (Å²) in [5.41, 5.74) is 1.40. The number of para-hydroxylation sites is 2. The fourth-order valence-electron chi connectivity index (χ4n) is 3.91. The number of phenolic OH excluding ortho intramolecular Hbond substituents is 1. The van der Waals surface area contributed by atoms with Crippen LogP contribution in [-0.2, 0) is 0 Å². The minimum absolute atomic E-state index is 0.0238. The molecule has 0 atom stereocenters. The highest BCUT2D eigenvalue weighted by Gasteiger charge is 2.25. The number of carbonyl (C=O) groups excluding carboxylic acids is 1. The monoisotopic (exact) mass is 382 g/mol. The van der Waals surface area contributed by atoms with E-state index >= 15 is 0 Å². The van der Waals surface area contributed by atoms with Crippen molar-refractivity contribution >= 4 is 11.9 Å². The van der Waals surface area contributed by atoms with Gasteiger partial charge in [-0.25, -0.2) is 9.59 Å². The standard InChI is InChI=1S/C23H26O5/c1-14(2)16-10-6-13-19(22(25)26)21(16)28-23(27)18-12-7-11-17(20(18)24)15-8-4-3-5-9-15/h6-7,10-15,24H,3-5,8-9H2,1-2H3,(H,25,26). The molecule has 1 aliphatic carbocycles. The Bertz CT molecular complexity index is 879. The zero-order valence-corrected chi connectivity index (χ0v) is 16.3. The van der Waals surface area contributed by atoms with Crippen molar-refractivity contribution < 1.29 is 24.5 Å². The summed E-state index contributed by atoms with van der Waals surface area (Å²) in [7, 11) is 0. The number of carboxylic acids is 1. The van der Waals surface area contributed by atoms with Gasteiger partial charge in [-0.15, -0.1) is 0 Å². The van der Waals surface area contributed by atoms with Gasteiger partial charge in [-0.3, -0.25) is 0 Å². The molecular weight excluding hydrogens is 356 g/mol. The Labute approximate surface area is 165 Å². The molecule has 3 rings (SSSR count). The van der Waals surface area contributed by atoms with Crippen LogP contribution in [0.5, 0.6) is 11.5 Å². The molecule has 1 fully saturated rings. The Morgan fingerprint density at radius 1 is 1.00 bits per heavy atom. The maximum Gasteiger partial charge on any atom is 0.347 e. The first-order chi connectivity index (χ1) is 13.4. The Balaban J connectivity index is 1.95. The number of hydrogen-bond acceptors (Lipinski definition) is 4. The van der Waals surface area contributed by atoms with Gasteiger partial charge in [0, 0.05) is 0 Å². The molecule has 0 radical (unpaired) electrons. The summed E-state index contributed by atoms with van der Waals surface area (Å²) in [6.45, 7) is 3.80. The van der Waals surface area contributed by atoms with E-state index < -0.39 is 11.9 Å². The van der Waals surface area contributed by atoms with Gasteiger partial charge in [0.2, 0.25) is 0 Å². The molecule has 1 saturated carbocycles. The molecule has 5 heteroatoms. The van der Waals surface area contributed by atoms with Crippen LogP contribution in [0.15, 0.2) is 36.4 Å². The topological polar surface area (TPSA) is 83.8 Å². The summed E-state index contributed by atoms with van der Waals surface area (Å²) in [5.74, 6) is -1.71. The molecule has 0 saturated heterocycles. The van der Waals surface area contributed by atoms with Crippen LogP contribution in [0.1, 0.15) is 89.6 Å². The van der Waals surface area contributed by atoms with Crippen molar-refractivity contribution in [3.63, 3.8) is 0 Å². The fourth-order valence-corrected chi connectivity index (χ4v) is 3.91. The lowest BCUT2D eigenvalue weighted by Crippen LogP contribution is -2.15. The summed E-state index contributed by atoms with van der Waals surface area (Å²) in [5, 5.41) is 20.2. The Kier molecular flexibility index (Phi) is 6.02. The minimum atomic E-state index is -1.16. The van der Waals surface area contributed by atoms with E-state index in [-0.39, 0.29) is 34.5 Å². The number of hydrogen-bond donors (Lipinski definition) is 2. The third-order valence-electron chi connectivity index (χ3n) is 5.42. The van der Waals surface area contributed by atoms with Crippen molar-refractivity contribution in [1.29, 1.82) is 0 Å². The molecule has 0 unspecified atom stereocenters. The van der Waals surface area contributed by atoms with Crippen molar-refractivity contribution in [3.8, 4) is 11.5 Å². The van der Waals surface area contributed by atoms with Gasteiger partial charge < -0.3 is 14.9 Å². The molecule has 0 spiro atoms. The second-order valence-electron chi connectivity index (χ2n) is 7.65. The fraction of sp³-hybridized carbons (Fsp3) is 0.391. The van der Waals surface area contributed by atoms with Crippen LogP contribution in [-0.4, -0.2) is 22.2 Å². The zero-order chi connectivity index (χ0) is 20.3. The Morgan fingerprint density at radius 2 is 1.64 bits per heavy atom. The first-order valence-electron chi connectivity index (χ1n) is 9.80. The second-order valence-corrected chi connectivity index (χ2v) is 7.65. The molecule has 2 aromatic rings. The molecule has 2 N–H and O–H groups in total. The van der Waals surface area contributed by atoms with E-state index in [4.69, 9.17) is 4.74 Å². The van der Waals surface area contributed by atoms with Crippen LogP contribution in [0.4, 0.5) is 0 Å². The average molecular weight is 382 g/mol. The number of ether oxygens (including phenoxy) is 1. The van der Waals surface area contributed by atoms with Crippen molar-refractivity contribution in [3.05, 3.63) is 58.7 Å². The van der Waals surface area contributed by atoms with Gasteiger partial charge in [0.15, 0.2) is 0 Å². The van der Waals surface area contributed by atoms with Crippen molar-refractivity contribution in [2.75, 3.05) is 0 Å². The van der Waals surface area contributed by atoms with Crippen LogP contribution in [0.2, 0.25) is 0 Å². The number of benzene rings is 2. The predicted molar refractivity (Wildman–Crippen MR) is 106 cm³/mol. The first-order valence-corrected chi connectivity index (χ1v) is 9.80. The van der Waals surface area contributed by atoms with E-state index in [1.807, 2.05) is 19.9 Å². The molecule has 0 amide bonds. The third kappa shape index (κ3) is 4.03. The summed E-state index contributed by atoms with van der Waals surface area (Å²) in [6.07, 6.45) is 5.41. The average Bonchev–Trinajstić information content (AvgIpc) is 2.68. The molecular formula is C23H26O5. The lowest BCUT2D eigenvalue weighted by Gasteiger charge is -2.23. The number of aromatic hydroxyl groups is 1.